The van der Waals surface area contributed by atoms with E-state index >= 15 is 0 Å². The minimum Gasteiger partial charge on any atom is -0.462 e. The molecule has 3 N–H and O–H groups in total. The van der Waals surface area contributed by atoms with Crippen LogP contribution in [0.1, 0.15) is 312 Å². The van der Waals surface area contributed by atoms with Crippen LogP contribution in [0, 0.1) is 23.7 Å². The van der Waals surface area contributed by atoms with Crippen molar-refractivity contribution in [1.82, 2.24) is 0 Å². The van der Waals surface area contributed by atoms with Crippen molar-refractivity contribution in [2.24, 2.45) is 23.7 Å². The van der Waals surface area contributed by atoms with Crippen LogP contribution in [-0.4, -0.2) is 96.7 Å². The minimum atomic E-state index is -4.95. The second-order valence-electron chi connectivity index (χ2n) is 24.9. The zero-order valence-electron chi connectivity index (χ0n) is 54.5. The first kappa shape index (κ1) is 82.1. The van der Waals surface area contributed by atoms with Gasteiger partial charge in [0, 0.05) is 25.7 Å². The Kier molecular flexibility index (Phi) is 53.9. The molecule has 0 rings (SSSR count). The average Bonchev–Trinajstić information content (AvgIpc) is 3.49. The van der Waals surface area contributed by atoms with Crippen LogP contribution in [0.3, 0.4) is 0 Å². The number of phosphoric acid groups is 2. The van der Waals surface area contributed by atoms with E-state index in [9.17, 15) is 43.2 Å². The van der Waals surface area contributed by atoms with Crippen LogP contribution in [0.5, 0.6) is 0 Å². The molecule has 84 heavy (non-hydrogen) atoms. The molecule has 0 spiro atoms. The molecule has 0 radical (unpaired) electrons. The summed E-state index contributed by atoms with van der Waals surface area (Å²) in [6, 6.07) is 0. The third kappa shape index (κ3) is 56.6. The third-order valence-electron chi connectivity index (χ3n) is 15.5. The van der Waals surface area contributed by atoms with Crippen molar-refractivity contribution in [1.29, 1.82) is 0 Å². The number of unbranched alkanes of at least 4 members (excludes halogenated alkanes) is 26. The number of phosphoric ester groups is 2. The Balaban J connectivity index is 5.24. The first-order chi connectivity index (χ1) is 40.2. The number of aliphatic hydroxyl groups is 1. The largest absolute Gasteiger partial charge is 0.472 e. The van der Waals surface area contributed by atoms with E-state index in [1.165, 1.54) is 109 Å². The van der Waals surface area contributed by atoms with Gasteiger partial charge in [-0.1, -0.05) is 261 Å². The van der Waals surface area contributed by atoms with Crippen molar-refractivity contribution >= 4 is 39.5 Å². The molecule has 0 saturated carbocycles. The van der Waals surface area contributed by atoms with Gasteiger partial charge in [0.2, 0.25) is 0 Å². The highest BCUT2D eigenvalue weighted by atomic mass is 31.2. The molecule has 7 atom stereocenters. The number of esters is 4. The molecule has 0 aliphatic rings. The Morgan fingerprint density at radius 2 is 0.571 bits per heavy atom. The first-order valence-corrected chi connectivity index (χ1v) is 36.8. The number of aliphatic hydroxyl groups excluding tert-OH is 1. The SMILES string of the molecule is CCC(C)CCCCCCCCCCCCC(=O)OC[C@H](COP(=O)(O)OCC(O)COP(=O)(O)OC[C@@H](COC(=O)CCCCCCCCCC(C)C)OC(=O)CCCCCCCCC(C)CC)OC(=O)CCCCCCCCCC(C)C. The number of ether oxygens (including phenoxy) is 4. The van der Waals surface area contributed by atoms with Gasteiger partial charge in [-0.05, 0) is 49.4 Å². The van der Waals surface area contributed by atoms with Gasteiger partial charge in [-0.15, -0.1) is 0 Å². The van der Waals surface area contributed by atoms with E-state index in [-0.39, 0.29) is 25.7 Å². The summed E-state index contributed by atoms with van der Waals surface area (Å²) in [5.41, 5.74) is 0. The maximum Gasteiger partial charge on any atom is 0.472 e. The first-order valence-electron chi connectivity index (χ1n) is 33.8. The summed E-state index contributed by atoms with van der Waals surface area (Å²) >= 11 is 0. The number of rotatable bonds is 62. The van der Waals surface area contributed by atoms with Gasteiger partial charge < -0.3 is 33.8 Å². The molecule has 0 fully saturated rings. The van der Waals surface area contributed by atoms with Crippen LogP contribution in [0.2, 0.25) is 0 Å². The molecule has 0 saturated heterocycles. The third-order valence-corrected chi connectivity index (χ3v) is 17.4. The Hall–Kier alpha value is -1.94. The predicted molar refractivity (Wildman–Crippen MR) is 335 cm³/mol. The van der Waals surface area contributed by atoms with E-state index in [1.807, 2.05) is 0 Å². The Morgan fingerprint density at radius 1 is 0.333 bits per heavy atom. The summed E-state index contributed by atoms with van der Waals surface area (Å²) in [4.78, 5) is 72.2. The molecule has 17 nitrogen and oxygen atoms in total. The summed E-state index contributed by atoms with van der Waals surface area (Å²) in [7, 11) is -9.89. The lowest BCUT2D eigenvalue weighted by atomic mass is 9.99. The summed E-state index contributed by atoms with van der Waals surface area (Å²) < 4.78 is 68.0. The molecule has 0 aromatic rings. The van der Waals surface area contributed by atoms with Gasteiger partial charge in [-0.25, -0.2) is 9.13 Å². The molecule has 0 amide bonds. The fourth-order valence-electron chi connectivity index (χ4n) is 9.54. The molecular weight excluding hydrogens is 1110 g/mol. The van der Waals surface area contributed by atoms with Crippen LogP contribution in [-0.2, 0) is 65.4 Å². The van der Waals surface area contributed by atoms with E-state index in [1.54, 1.807) is 0 Å². The number of hydrogen-bond donors (Lipinski definition) is 3. The van der Waals surface area contributed by atoms with Crippen LogP contribution in [0.4, 0.5) is 0 Å². The summed E-state index contributed by atoms with van der Waals surface area (Å²) in [5, 5.41) is 10.5. The predicted octanol–water partition coefficient (Wildman–Crippen LogP) is 17.8. The Labute approximate surface area is 511 Å². The van der Waals surface area contributed by atoms with E-state index in [0.29, 0.717) is 37.5 Å². The lowest BCUT2D eigenvalue weighted by molar-refractivity contribution is -0.161. The molecule has 0 aromatic heterocycles. The van der Waals surface area contributed by atoms with Gasteiger partial charge in [0.15, 0.2) is 12.2 Å². The molecule has 0 bridgehead atoms. The summed E-state index contributed by atoms with van der Waals surface area (Å²) in [6.45, 7) is 14.0. The van der Waals surface area contributed by atoms with Crippen LogP contribution >= 0.6 is 15.6 Å². The molecule has 19 heteroatoms. The summed E-state index contributed by atoms with van der Waals surface area (Å²) in [5.74, 6) is 0.789. The van der Waals surface area contributed by atoms with E-state index in [0.717, 1.165) is 108 Å². The van der Waals surface area contributed by atoms with Crippen molar-refractivity contribution < 1.29 is 80.2 Å². The molecule has 0 aliphatic heterocycles. The van der Waals surface area contributed by atoms with E-state index in [4.69, 9.17) is 37.0 Å². The maximum absolute atomic E-state index is 13.0. The van der Waals surface area contributed by atoms with E-state index in [2.05, 4.69) is 55.4 Å². The lowest BCUT2D eigenvalue weighted by Crippen LogP contribution is -2.30. The molecule has 0 aliphatic carbocycles. The zero-order chi connectivity index (χ0) is 62.5. The van der Waals surface area contributed by atoms with Gasteiger partial charge in [-0.2, -0.15) is 0 Å². The van der Waals surface area contributed by atoms with Crippen LogP contribution in [0.25, 0.3) is 0 Å². The Morgan fingerprint density at radius 3 is 0.845 bits per heavy atom. The van der Waals surface area contributed by atoms with Gasteiger partial charge in [-0.3, -0.25) is 37.3 Å². The smallest absolute Gasteiger partial charge is 0.462 e. The molecular formula is C65H126O17P2. The number of carbonyl (C=O) groups excluding carboxylic acids is 4. The highest BCUT2D eigenvalue weighted by molar-refractivity contribution is 7.47. The minimum absolute atomic E-state index is 0.101. The Bertz CT molecular complexity index is 1680. The lowest BCUT2D eigenvalue weighted by Gasteiger charge is -2.21. The van der Waals surface area contributed by atoms with Crippen molar-refractivity contribution in [3.63, 3.8) is 0 Å². The fraction of sp³-hybridized carbons (Fsp3) is 0.938. The normalized spacial score (nSPS) is 15.1. The summed E-state index contributed by atoms with van der Waals surface area (Å²) in [6.07, 6.45) is 35.0. The second-order valence-corrected chi connectivity index (χ2v) is 27.8. The van der Waals surface area contributed by atoms with Crippen LogP contribution < -0.4 is 0 Å². The molecule has 0 aromatic carbocycles. The molecule has 5 unspecified atom stereocenters. The molecule has 0 heterocycles. The van der Waals surface area contributed by atoms with Crippen molar-refractivity contribution in [3.8, 4) is 0 Å². The monoisotopic (exact) mass is 1240 g/mol. The highest BCUT2D eigenvalue weighted by Crippen LogP contribution is 2.45. The topological polar surface area (TPSA) is 237 Å². The van der Waals surface area contributed by atoms with Gasteiger partial charge in [0.1, 0.15) is 19.3 Å². The van der Waals surface area contributed by atoms with Crippen molar-refractivity contribution in [3.05, 3.63) is 0 Å². The van der Waals surface area contributed by atoms with E-state index < -0.39 is 97.5 Å². The van der Waals surface area contributed by atoms with Gasteiger partial charge >= 0.3 is 39.5 Å². The van der Waals surface area contributed by atoms with Gasteiger partial charge in [0.25, 0.3) is 0 Å². The standard InChI is InChI=1S/C65H126O17P2/c1-9-57(7)43-35-27-19-13-11-12-14-20-29-37-45-62(67)75-51-60(81-64(69)47-39-31-22-16-18-26-34-42-56(5)6)53-79-83(71,72)77-49-59(66)50-78-84(73,74)80-54-61(82-65(70)48-40-32-24-23-28-36-44-58(8)10-2)52-76-63(68)46-38-30-21-15-17-25-33-41-55(3)4/h55-61,66H,9-54H2,1-8H3,(H,71,72)(H,73,74)/t57?,58?,59?,60-,61-/m1/s1. The highest BCUT2D eigenvalue weighted by Gasteiger charge is 2.30. The number of hydrogen-bond acceptors (Lipinski definition) is 15. The molecule has 498 valence electrons. The second kappa shape index (κ2) is 55.2. The van der Waals surface area contributed by atoms with Crippen molar-refractivity contribution in [2.45, 2.75) is 331 Å². The van der Waals surface area contributed by atoms with Crippen LogP contribution in [0.15, 0.2) is 0 Å². The number of carbonyl (C=O) groups is 4. The quantitative estimate of drug-likeness (QED) is 0.0222. The zero-order valence-corrected chi connectivity index (χ0v) is 56.3. The fourth-order valence-corrected chi connectivity index (χ4v) is 11.1. The average molecular weight is 1240 g/mol. The maximum atomic E-state index is 13.0. The van der Waals surface area contributed by atoms with Gasteiger partial charge in [0.05, 0.1) is 26.4 Å². The van der Waals surface area contributed by atoms with Crippen molar-refractivity contribution in [2.75, 3.05) is 39.6 Å².